The Morgan fingerprint density at radius 3 is 2.49 bits per heavy atom. The Kier molecular flexibility index (Phi) is 8.55. The summed E-state index contributed by atoms with van der Waals surface area (Å²) in [7, 11) is -3.43. The lowest BCUT2D eigenvalue weighted by molar-refractivity contribution is -0.151. The van der Waals surface area contributed by atoms with Crippen molar-refractivity contribution in [1.29, 1.82) is 0 Å². The standard InChI is InChI=1S/C33H35FI2N2O4Si/c1-20-31(43(2,3)34)29(16-30(40)37-18-23-9-5-4-8-22(23)14-26(37)19-39)42-33(20)27-15-25(36)11-12-28(27)38(32(33)41)17-21-7-6-10-24(35)13-21/h4-13,15,20,26,29,31,39H,14,16-19H2,1-3H3/t20-,26+,29+,31-,33+/m1/s1. The molecule has 3 aromatic carbocycles. The first-order valence-corrected chi connectivity index (χ1v) is 19.8. The summed E-state index contributed by atoms with van der Waals surface area (Å²) in [6, 6.07) is 21.6. The third-order valence-corrected chi connectivity index (χ3v) is 13.2. The average Bonchev–Trinajstić information content (AvgIpc) is 3.38. The average molecular weight is 825 g/mol. The summed E-state index contributed by atoms with van der Waals surface area (Å²) in [6.45, 7) is 5.83. The van der Waals surface area contributed by atoms with E-state index in [1.165, 1.54) is 0 Å². The molecule has 1 N–H and O–H groups in total. The van der Waals surface area contributed by atoms with Crippen LogP contribution in [0.1, 0.15) is 35.6 Å². The van der Waals surface area contributed by atoms with Crippen LogP contribution in [-0.4, -0.2) is 49.0 Å². The number of hydrogen-bond donors (Lipinski definition) is 1. The lowest BCUT2D eigenvalue weighted by Crippen LogP contribution is -2.48. The van der Waals surface area contributed by atoms with Gasteiger partial charge in [-0.3, -0.25) is 9.59 Å². The monoisotopic (exact) mass is 824 g/mol. The van der Waals surface area contributed by atoms with Crippen molar-refractivity contribution in [2.24, 2.45) is 5.92 Å². The second-order valence-corrected chi connectivity index (χ2v) is 18.8. The van der Waals surface area contributed by atoms with Crippen LogP contribution in [0.15, 0.2) is 66.7 Å². The third-order valence-electron chi connectivity index (χ3n) is 9.41. The number of halogens is 3. The van der Waals surface area contributed by atoms with Gasteiger partial charge in [0.1, 0.15) is 0 Å². The molecular formula is C33H35FI2N2O4Si. The van der Waals surface area contributed by atoms with Crippen LogP contribution in [0.25, 0.3) is 0 Å². The molecule has 1 saturated heterocycles. The zero-order valence-electron chi connectivity index (χ0n) is 24.4. The molecule has 226 valence electrons. The molecule has 3 aromatic rings. The van der Waals surface area contributed by atoms with E-state index in [4.69, 9.17) is 4.74 Å². The molecule has 1 fully saturated rings. The molecule has 10 heteroatoms. The minimum absolute atomic E-state index is 0.0425. The van der Waals surface area contributed by atoms with Gasteiger partial charge in [-0.2, -0.15) is 0 Å². The molecule has 3 heterocycles. The zero-order valence-corrected chi connectivity index (χ0v) is 29.7. The normalized spacial score (nSPS) is 26.6. The summed E-state index contributed by atoms with van der Waals surface area (Å²) in [5.41, 5.74) is 2.74. The number of aliphatic hydroxyl groups is 1. The van der Waals surface area contributed by atoms with E-state index in [9.17, 15) is 14.7 Å². The van der Waals surface area contributed by atoms with E-state index in [1.807, 2.05) is 67.6 Å². The van der Waals surface area contributed by atoms with Gasteiger partial charge >= 0.3 is 0 Å². The zero-order chi connectivity index (χ0) is 30.7. The Labute approximate surface area is 280 Å². The van der Waals surface area contributed by atoms with E-state index in [0.29, 0.717) is 19.5 Å². The number of fused-ring (bicyclic) bond motifs is 3. The van der Waals surface area contributed by atoms with Gasteiger partial charge in [0.25, 0.3) is 5.91 Å². The number of benzene rings is 3. The number of rotatable bonds is 6. The minimum atomic E-state index is -3.43. The molecule has 3 aliphatic rings. The number of hydrogen-bond acceptors (Lipinski definition) is 4. The van der Waals surface area contributed by atoms with Gasteiger partial charge in [0.05, 0.1) is 37.4 Å². The van der Waals surface area contributed by atoms with Crippen molar-refractivity contribution >= 4 is 71.1 Å². The molecule has 0 saturated carbocycles. The lowest BCUT2D eigenvalue weighted by Gasteiger charge is -2.37. The van der Waals surface area contributed by atoms with Crippen molar-refractivity contribution in [1.82, 2.24) is 4.90 Å². The summed E-state index contributed by atoms with van der Waals surface area (Å²) < 4.78 is 25.2. The summed E-state index contributed by atoms with van der Waals surface area (Å²) in [5, 5.41) is 10.2. The smallest absolute Gasteiger partial charge is 0.264 e. The van der Waals surface area contributed by atoms with E-state index in [1.54, 1.807) is 22.9 Å². The number of carbonyl (C=O) groups is 2. The Hall–Kier alpha value is -1.87. The first-order valence-electron chi connectivity index (χ1n) is 14.6. The lowest BCUT2D eigenvalue weighted by atomic mass is 9.82. The maximum atomic E-state index is 16.3. The Balaban J connectivity index is 1.36. The van der Waals surface area contributed by atoms with E-state index in [2.05, 4.69) is 51.2 Å². The van der Waals surface area contributed by atoms with Crippen molar-refractivity contribution in [3.8, 4) is 0 Å². The van der Waals surface area contributed by atoms with E-state index in [-0.39, 0.29) is 30.9 Å². The molecule has 1 spiro atoms. The number of amides is 2. The van der Waals surface area contributed by atoms with Crippen LogP contribution in [0.4, 0.5) is 9.80 Å². The maximum absolute atomic E-state index is 16.3. The van der Waals surface area contributed by atoms with Gasteiger partial charge in [-0.1, -0.05) is 43.3 Å². The summed E-state index contributed by atoms with van der Waals surface area (Å²) in [5.74, 6) is -0.859. The highest BCUT2D eigenvalue weighted by atomic mass is 127. The number of nitrogens with zero attached hydrogens (tertiary/aromatic N) is 2. The van der Waals surface area contributed by atoms with Crippen LogP contribution >= 0.6 is 45.2 Å². The maximum Gasteiger partial charge on any atom is 0.264 e. The molecule has 6 nitrogen and oxygen atoms in total. The van der Waals surface area contributed by atoms with Crippen LogP contribution in [0.5, 0.6) is 0 Å². The van der Waals surface area contributed by atoms with Gasteiger partial charge in [0.15, 0.2) is 5.60 Å². The summed E-state index contributed by atoms with van der Waals surface area (Å²) in [4.78, 5) is 32.0. The second kappa shape index (κ2) is 11.8. The Morgan fingerprint density at radius 1 is 1.07 bits per heavy atom. The molecule has 0 radical (unpaired) electrons. The fourth-order valence-electron chi connectivity index (χ4n) is 7.53. The quantitative estimate of drug-likeness (QED) is 0.174. The van der Waals surface area contributed by atoms with Crippen LogP contribution < -0.4 is 4.90 Å². The van der Waals surface area contributed by atoms with Gasteiger partial charge < -0.3 is 23.8 Å². The molecule has 43 heavy (non-hydrogen) atoms. The molecule has 5 atom stereocenters. The molecule has 3 aliphatic heterocycles. The molecule has 0 unspecified atom stereocenters. The van der Waals surface area contributed by atoms with Crippen molar-refractivity contribution in [3.05, 3.63) is 96.1 Å². The number of carbonyl (C=O) groups excluding carboxylic acids is 2. The first kappa shape index (κ1) is 31.1. The molecular weight excluding hydrogens is 789 g/mol. The highest BCUT2D eigenvalue weighted by Crippen LogP contribution is 2.60. The fourth-order valence-corrected chi connectivity index (χ4v) is 11.1. The van der Waals surface area contributed by atoms with Crippen molar-refractivity contribution in [2.75, 3.05) is 11.5 Å². The number of ether oxygens (including phenoxy) is 1. The predicted molar refractivity (Wildman–Crippen MR) is 184 cm³/mol. The van der Waals surface area contributed by atoms with Gasteiger partial charge in [0, 0.05) is 30.7 Å². The topological polar surface area (TPSA) is 70.1 Å². The third kappa shape index (κ3) is 5.48. The van der Waals surface area contributed by atoms with Gasteiger partial charge in [-0.25, -0.2) is 0 Å². The van der Waals surface area contributed by atoms with Crippen molar-refractivity contribution in [3.63, 3.8) is 0 Å². The minimum Gasteiger partial charge on any atom is -0.394 e. The van der Waals surface area contributed by atoms with Gasteiger partial charge in [0.2, 0.25) is 14.3 Å². The molecule has 0 bridgehead atoms. The van der Waals surface area contributed by atoms with Crippen LogP contribution in [0, 0.1) is 13.1 Å². The Morgan fingerprint density at radius 2 is 1.79 bits per heavy atom. The highest BCUT2D eigenvalue weighted by Gasteiger charge is 2.67. The molecule has 0 aromatic heterocycles. The Bertz CT molecular complexity index is 1580. The summed E-state index contributed by atoms with van der Waals surface area (Å²) >= 11 is 4.50. The highest BCUT2D eigenvalue weighted by molar-refractivity contribution is 14.1. The second-order valence-electron chi connectivity index (χ2n) is 12.5. The van der Waals surface area contributed by atoms with Crippen LogP contribution in [0.2, 0.25) is 18.6 Å². The van der Waals surface area contributed by atoms with Crippen molar-refractivity contribution < 1.29 is 23.5 Å². The number of aliphatic hydroxyl groups excluding tert-OH is 1. The molecule has 6 rings (SSSR count). The largest absolute Gasteiger partial charge is 0.394 e. The number of anilines is 1. The van der Waals surface area contributed by atoms with E-state index < -0.39 is 31.6 Å². The van der Waals surface area contributed by atoms with E-state index in [0.717, 1.165) is 35.1 Å². The molecule has 2 amide bonds. The van der Waals surface area contributed by atoms with Crippen LogP contribution in [-0.2, 0) is 39.4 Å². The van der Waals surface area contributed by atoms with Gasteiger partial charge in [-0.15, -0.1) is 0 Å². The van der Waals surface area contributed by atoms with Crippen molar-refractivity contribution in [2.45, 2.75) is 69.2 Å². The van der Waals surface area contributed by atoms with Gasteiger partial charge in [-0.05, 0) is 112 Å². The van der Waals surface area contributed by atoms with E-state index >= 15 is 4.11 Å². The fraction of sp³-hybridized carbons (Fsp3) is 0.394. The SMILES string of the molecule is C[C@@H]1[C@@H]([Si](C)(C)F)[C@H](CC(=O)N2Cc3ccccc3C[C@H]2CO)O[C@@]12C(=O)N(Cc1cccc(I)c1)c1ccc(I)cc12. The predicted octanol–water partition coefficient (Wildman–Crippen LogP) is 6.55. The summed E-state index contributed by atoms with van der Waals surface area (Å²) in [6.07, 6.45) is -0.244. The van der Waals surface area contributed by atoms with Crippen LogP contribution in [0.3, 0.4) is 0 Å². The first-order chi connectivity index (χ1) is 20.4. The molecule has 0 aliphatic carbocycles.